The van der Waals surface area contributed by atoms with E-state index in [1.54, 1.807) is 18.9 Å². The molecule has 0 aliphatic rings. The van der Waals surface area contributed by atoms with Crippen LogP contribution in [0, 0.1) is 0 Å². The summed E-state index contributed by atoms with van der Waals surface area (Å²) in [5, 5.41) is 9.18. The molecule has 0 aliphatic carbocycles. The first-order valence-corrected chi connectivity index (χ1v) is 6.05. The number of aliphatic hydroxyl groups excluding tert-OH is 1. The average Bonchev–Trinajstić information content (AvgIpc) is 2.29. The molecule has 1 N–H and O–H groups in total. The maximum atomic E-state index is 11.7. The van der Waals surface area contributed by atoms with Crippen LogP contribution in [0.3, 0.4) is 0 Å². The summed E-state index contributed by atoms with van der Waals surface area (Å²) in [6.45, 7) is 2.10. The summed E-state index contributed by atoms with van der Waals surface area (Å²) < 4.78 is 0. The molecule has 1 rings (SSSR count). The molecule has 1 aromatic carbocycles. The van der Waals surface area contributed by atoms with Crippen molar-refractivity contribution in [1.29, 1.82) is 0 Å². The lowest BCUT2D eigenvalue weighted by molar-refractivity contribution is -0.131. The van der Waals surface area contributed by atoms with Gasteiger partial charge in [0.15, 0.2) is 0 Å². The van der Waals surface area contributed by atoms with Crippen LogP contribution in [0.1, 0.15) is 25.3 Å². The molecule has 17 heavy (non-hydrogen) atoms. The summed E-state index contributed by atoms with van der Waals surface area (Å²) in [5.74, 6) is 0.0989. The summed E-state index contributed by atoms with van der Waals surface area (Å²) in [7, 11) is 1.73. The topological polar surface area (TPSA) is 40.5 Å². The number of rotatable bonds is 6. The number of aliphatic hydroxyl groups is 1. The summed E-state index contributed by atoms with van der Waals surface area (Å²) in [6.07, 6.45) is 1.86. The van der Waals surface area contributed by atoms with Gasteiger partial charge in [-0.25, -0.2) is 0 Å². The molecule has 0 spiro atoms. The van der Waals surface area contributed by atoms with Gasteiger partial charge in [0.05, 0.1) is 6.10 Å². The molecule has 0 fully saturated rings. The second-order valence-electron chi connectivity index (χ2n) is 4.46. The van der Waals surface area contributed by atoms with Gasteiger partial charge >= 0.3 is 0 Å². The number of hydrogen-bond acceptors (Lipinski definition) is 2. The van der Waals surface area contributed by atoms with Crippen molar-refractivity contribution < 1.29 is 9.90 Å². The first-order chi connectivity index (χ1) is 8.09. The Hall–Kier alpha value is -1.35. The summed E-state index contributed by atoms with van der Waals surface area (Å²) in [6, 6.07) is 10.2. The number of nitrogens with zero attached hydrogens (tertiary/aromatic N) is 1. The molecular weight excluding hydrogens is 214 g/mol. The third-order valence-electron chi connectivity index (χ3n) is 2.66. The highest BCUT2D eigenvalue weighted by molar-refractivity contribution is 5.75. The van der Waals surface area contributed by atoms with Crippen LogP contribution < -0.4 is 0 Å². The van der Waals surface area contributed by atoms with Crippen molar-refractivity contribution in [3.8, 4) is 0 Å². The predicted octanol–water partition coefficient (Wildman–Crippen LogP) is 1.85. The van der Waals surface area contributed by atoms with E-state index in [9.17, 15) is 9.90 Å². The van der Waals surface area contributed by atoms with E-state index in [4.69, 9.17) is 0 Å². The Labute approximate surface area is 103 Å². The number of likely N-dealkylation sites (N-methyl/N-ethyl adjacent to an activating group) is 1. The zero-order chi connectivity index (χ0) is 12.7. The van der Waals surface area contributed by atoms with Crippen molar-refractivity contribution >= 4 is 5.91 Å². The molecule has 0 saturated heterocycles. The quantitative estimate of drug-likeness (QED) is 0.817. The van der Waals surface area contributed by atoms with Crippen molar-refractivity contribution in [2.75, 3.05) is 13.6 Å². The Balaban J connectivity index is 2.24. The van der Waals surface area contributed by atoms with Gasteiger partial charge in [0.25, 0.3) is 0 Å². The van der Waals surface area contributed by atoms with E-state index < -0.39 is 6.10 Å². The van der Waals surface area contributed by atoms with Crippen LogP contribution in [0.25, 0.3) is 0 Å². The molecule has 1 aromatic rings. The van der Waals surface area contributed by atoms with Crippen molar-refractivity contribution in [2.24, 2.45) is 0 Å². The van der Waals surface area contributed by atoms with Gasteiger partial charge in [-0.1, -0.05) is 30.3 Å². The zero-order valence-corrected chi connectivity index (χ0v) is 10.6. The molecule has 3 nitrogen and oxygen atoms in total. The van der Waals surface area contributed by atoms with E-state index in [1.165, 1.54) is 5.56 Å². The molecule has 1 unspecified atom stereocenters. The van der Waals surface area contributed by atoms with E-state index in [0.717, 1.165) is 12.8 Å². The third kappa shape index (κ3) is 5.50. The molecule has 1 atom stereocenters. The highest BCUT2D eigenvalue weighted by Crippen LogP contribution is 2.06. The molecule has 0 aliphatic heterocycles. The van der Waals surface area contributed by atoms with Gasteiger partial charge in [-0.3, -0.25) is 4.79 Å². The lowest BCUT2D eigenvalue weighted by Crippen LogP contribution is -2.32. The standard InChI is InChI=1S/C14H21NO2/c1-12(16)11-15(2)14(17)10-6-9-13-7-4-3-5-8-13/h3-5,7-8,12,16H,6,9-11H2,1-2H3. The van der Waals surface area contributed by atoms with Gasteiger partial charge in [0.2, 0.25) is 5.91 Å². The number of carbonyl (C=O) groups excluding carboxylic acids is 1. The first-order valence-electron chi connectivity index (χ1n) is 6.05. The largest absolute Gasteiger partial charge is 0.392 e. The fourth-order valence-electron chi connectivity index (χ4n) is 1.78. The molecule has 0 aromatic heterocycles. The highest BCUT2D eigenvalue weighted by Gasteiger charge is 2.10. The minimum atomic E-state index is -0.460. The van der Waals surface area contributed by atoms with Gasteiger partial charge in [0.1, 0.15) is 0 Å². The van der Waals surface area contributed by atoms with Crippen LogP contribution in [-0.4, -0.2) is 35.6 Å². The Bertz CT molecular complexity index is 335. The second-order valence-corrected chi connectivity index (χ2v) is 4.46. The lowest BCUT2D eigenvalue weighted by Gasteiger charge is -2.18. The lowest BCUT2D eigenvalue weighted by atomic mass is 10.1. The monoisotopic (exact) mass is 235 g/mol. The average molecular weight is 235 g/mol. The maximum Gasteiger partial charge on any atom is 0.222 e. The third-order valence-corrected chi connectivity index (χ3v) is 2.66. The maximum absolute atomic E-state index is 11.7. The SMILES string of the molecule is CC(O)CN(C)C(=O)CCCc1ccccc1. The number of aryl methyl sites for hydroxylation is 1. The van der Waals surface area contributed by atoms with Crippen molar-refractivity contribution in [2.45, 2.75) is 32.3 Å². The molecular formula is C14H21NO2. The zero-order valence-electron chi connectivity index (χ0n) is 10.6. The minimum Gasteiger partial charge on any atom is -0.392 e. The normalized spacial score (nSPS) is 12.2. The Morgan fingerprint density at radius 1 is 1.35 bits per heavy atom. The van der Waals surface area contributed by atoms with E-state index in [0.29, 0.717) is 13.0 Å². The van der Waals surface area contributed by atoms with Crippen LogP contribution in [0.2, 0.25) is 0 Å². The van der Waals surface area contributed by atoms with E-state index >= 15 is 0 Å². The summed E-state index contributed by atoms with van der Waals surface area (Å²) in [4.78, 5) is 13.3. The van der Waals surface area contributed by atoms with Gasteiger partial charge in [-0.2, -0.15) is 0 Å². The van der Waals surface area contributed by atoms with E-state index in [2.05, 4.69) is 12.1 Å². The summed E-state index contributed by atoms with van der Waals surface area (Å²) in [5.41, 5.74) is 1.26. The Kier molecular flexibility index (Phi) is 5.70. The van der Waals surface area contributed by atoms with Gasteiger partial charge < -0.3 is 10.0 Å². The van der Waals surface area contributed by atoms with Crippen LogP contribution in [0.15, 0.2) is 30.3 Å². The van der Waals surface area contributed by atoms with Crippen LogP contribution in [0.4, 0.5) is 0 Å². The molecule has 0 saturated carbocycles. The first kappa shape index (κ1) is 13.7. The van der Waals surface area contributed by atoms with E-state index in [1.807, 2.05) is 18.2 Å². The molecule has 3 heteroatoms. The minimum absolute atomic E-state index is 0.0989. The van der Waals surface area contributed by atoms with Gasteiger partial charge in [-0.05, 0) is 25.3 Å². The van der Waals surface area contributed by atoms with Crippen LogP contribution in [-0.2, 0) is 11.2 Å². The fourth-order valence-corrected chi connectivity index (χ4v) is 1.78. The summed E-state index contributed by atoms with van der Waals surface area (Å²) >= 11 is 0. The molecule has 0 heterocycles. The smallest absolute Gasteiger partial charge is 0.222 e. The Morgan fingerprint density at radius 2 is 2.00 bits per heavy atom. The van der Waals surface area contributed by atoms with Crippen molar-refractivity contribution in [3.63, 3.8) is 0 Å². The number of benzene rings is 1. The highest BCUT2D eigenvalue weighted by atomic mass is 16.3. The van der Waals surface area contributed by atoms with E-state index in [-0.39, 0.29) is 5.91 Å². The molecule has 0 bridgehead atoms. The number of hydrogen-bond donors (Lipinski definition) is 1. The fraction of sp³-hybridized carbons (Fsp3) is 0.500. The van der Waals surface area contributed by atoms with Crippen LogP contribution >= 0.6 is 0 Å². The van der Waals surface area contributed by atoms with Crippen molar-refractivity contribution in [3.05, 3.63) is 35.9 Å². The van der Waals surface area contributed by atoms with Crippen molar-refractivity contribution in [1.82, 2.24) is 4.90 Å². The predicted molar refractivity (Wildman–Crippen MR) is 68.7 cm³/mol. The molecule has 1 amide bonds. The number of carbonyl (C=O) groups is 1. The number of amides is 1. The second kappa shape index (κ2) is 7.07. The van der Waals surface area contributed by atoms with Gasteiger partial charge in [-0.15, -0.1) is 0 Å². The molecule has 94 valence electrons. The van der Waals surface area contributed by atoms with Crippen LogP contribution in [0.5, 0.6) is 0 Å². The Morgan fingerprint density at radius 3 is 2.59 bits per heavy atom. The van der Waals surface area contributed by atoms with Gasteiger partial charge in [0, 0.05) is 20.0 Å². The molecule has 0 radical (unpaired) electrons.